The number of sulfonamides is 1. The van der Waals surface area contributed by atoms with Gasteiger partial charge in [0.25, 0.3) is 10.0 Å². The Hall–Kier alpha value is -2.68. The number of aromatic nitrogens is 4. The van der Waals surface area contributed by atoms with Crippen LogP contribution in [0.5, 0.6) is 0 Å². The van der Waals surface area contributed by atoms with Gasteiger partial charge in [0.15, 0.2) is 5.65 Å². The van der Waals surface area contributed by atoms with Crippen molar-refractivity contribution < 1.29 is 8.42 Å². The predicted octanol–water partition coefficient (Wildman–Crippen LogP) is 3.90. The maximum atomic E-state index is 12.6. The summed E-state index contributed by atoms with van der Waals surface area (Å²) >= 11 is 11.8. The van der Waals surface area contributed by atoms with Gasteiger partial charge in [-0.15, -0.1) is 10.2 Å². The summed E-state index contributed by atoms with van der Waals surface area (Å²) in [5.41, 5.74) is 2.40. The Labute approximate surface area is 164 Å². The molecule has 1 N–H and O–H groups in total. The molecule has 4 rings (SSSR count). The number of anilines is 1. The lowest BCUT2D eigenvalue weighted by Gasteiger charge is -2.10. The lowest BCUT2D eigenvalue weighted by molar-refractivity contribution is 0.601. The fourth-order valence-electron chi connectivity index (χ4n) is 2.48. The minimum absolute atomic E-state index is 0.0198. The van der Waals surface area contributed by atoms with Crippen LogP contribution in [0.3, 0.4) is 0 Å². The fraction of sp³-hybridized carbons (Fsp3) is 0. The zero-order chi connectivity index (χ0) is 19.0. The molecule has 0 saturated carbocycles. The molecular formula is C17H11Cl2N5O2S. The van der Waals surface area contributed by atoms with Gasteiger partial charge < -0.3 is 0 Å². The molecule has 0 aliphatic heterocycles. The van der Waals surface area contributed by atoms with Crippen LogP contribution in [0, 0.1) is 0 Å². The van der Waals surface area contributed by atoms with Crippen molar-refractivity contribution in [2.24, 2.45) is 0 Å². The second-order valence-electron chi connectivity index (χ2n) is 5.61. The van der Waals surface area contributed by atoms with Crippen molar-refractivity contribution in [3.8, 4) is 11.3 Å². The smallest absolute Gasteiger partial charge is 0.261 e. The fourth-order valence-corrected chi connectivity index (χ4v) is 3.92. The number of rotatable bonds is 4. The van der Waals surface area contributed by atoms with E-state index in [1.807, 2.05) is 6.07 Å². The third-order valence-corrected chi connectivity index (χ3v) is 5.89. The van der Waals surface area contributed by atoms with Crippen molar-refractivity contribution >= 4 is 44.6 Å². The van der Waals surface area contributed by atoms with E-state index in [2.05, 4.69) is 20.0 Å². The molecule has 10 heteroatoms. The number of hydrogen-bond acceptors (Lipinski definition) is 5. The van der Waals surface area contributed by atoms with Gasteiger partial charge in [-0.3, -0.25) is 4.72 Å². The molecule has 136 valence electrons. The molecule has 2 aromatic carbocycles. The van der Waals surface area contributed by atoms with E-state index in [0.717, 1.165) is 5.56 Å². The summed E-state index contributed by atoms with van der Waals surface area (Å²) in [4.78, 5) is 0.0198. The normalized spacial score (nSPS) is 11.6. The second kappa shape index (κ2) is 6.80. The Bertz CT molecular complexity index is 1260. The van der Waals surface area contributed by atoms with Gasteiger partial charge in [-0.05, 0) is 42.5 Å². The topological polar surface area (TPSA) is 89.2 Å². The van der Waals surface area contributed by atoms with E-state index >= 15 is 0 Å². The van der Waals surface area contributed by atoms with Crippen LogP contribution in [0.25, 0.3) is 16.9 Å². The summed E-state index contributed by atoms with van der Waals surface area (Å²) < 4.78 is 29.3. The highest BCUT2D eigenvalue weighted by Crippen LogP contribution is 2.27. The molecule has 0 saturated heterocycles. The average molecular weight is 420 g/mol. The monoisotopic (exact) mass is 419 g/mol. The maximum Gasteiger partial charge on any atom is 0.261 e. The average Bonchev–Trinajstić information content (AvgIpc) is 3.11. The number of fused-ring (bicyclic) bond motifs is 1. The van der Waals surface area contributed by atoms with E-state index in [-0.39, 0.29) is 14.9 Å². The first kappa shape index (κ1) is 17.7. The minimum atomic E-state index is -3.82. The summed E-state index contributed by atoms with van der Waals surface area (Å²) in [5.74, 6) is 0. The molecule has 27 heavy (non-hydrogen) atoms. The van der Waals surface area contributed by atoms with Crippen molar-refractivity contribution in [1.82, 2.24) is 19.8 Å². The van der Waals surface area contributed by atoms with Gasteiger partial charge in [0.2, 0.25) is 0 Å². The van der Waals surface area contributed by atoms with Crippen LogP contribution in [0.4, 0.5) is 5.69 Å². The van der Waals surface area contributed by atoms with Crippen LogP contribution in [-0.4, -0.2) is 28.2 Å². The van der Waals surface area contributed by atoms with Crippen molar-refractivity contribution in [1.29, 1.82) is 0 Å². The first-order valence-corrected chi connectivity index (χ1v) is 9.92. The molecule has 0 spiro atoms. The Kier molecular flexibility index (Phi) is 4.47. The largest absolute Gasteiger partial charge is 0.280 e. The van der Waals surface area contributed by atoms with E-state index in [1.165, 1.54) is 24.5 Å². The summed E-state index contributed by atoms with van der Waals surface area (Å²) in [6, 6.07) is 14.6. The van der Waals surface area contributed by atoms with Crippen LogP contribution >= 0.6 is 23.2 Å². The quantitative estimate of drug-likeness (QED) is 0.541. The standard InChI is InChI=1S/C17H11Cl2N5O2S/c18-14-5-4-13(9-15(14)19)27(25,26)23-12-3-1-2-11(8-12)16-6-7-17-21-20-10-24(17)22-16/h1-10,23H. The highest BCUT2D eigenvalue weighted by molar-refractivity contribution is 7.92. The SMILES string of the molecule is O=S(=O)(Nc1cccc(-c2ccc3nncn3n2)c1)c1ccc(Cl)c(Cl)c1. The van der Waals surface area contributed by atoms with Gasteiger partial charge in [0, 0.05) is 11.3 Å². The molecule has 0 amide bonds. The van der Waals surface area contributed by atoms with Crippen molar-refractivity contribution in [3.63, 3.8) is 0 Å². The van der Waals surface area contributed by atoms with Gasteiger partial charge >= 0.3 is 0 Å². The third-order valence-electron chi connectivity index (χ3n) is 3.77. The van der Waals surface area contributed by atoms with E-state index in [1.54, 1.807) is 34.8 Å². The number of halogens is 2. The second-order valence-corrected chi connectivity index (χ2v) is 8.11. The van der Waals surface area contributed by atoms with Gasteiger partial charge in [0.1, 0.15) is 6.33 Å². The molecule has 0 atom stereocenters. The summed E-state index contributed by atoms with van der Waals surface area (Å²) in [6.45, 7) is 0. The number of hydrogen-bond donors (Lipinski definition) is 1. The van der Waals surface area contributed by atoms with Crippen LogP contribution in [0.1, 0.15) is 0 Å². The molecule has 0 aliphatic carbocycles. The molecule has 0 bridgehead atoms. The van der Waals surface area contributed by atoms with Crippen LogP contribution in [0.2, 0.25) is 10.0 Å². The molecule has 0 unspecified atom stereocenters. The van der Waals surface area contributed by atoms with Crippen LogP contribution in [0.15, 0.2) is 65.8 Å². The highest BCUT2D eigenvalue weighted by Gasteiger charge is 2.16. The molecule has 0 fully saturated rings. The lowest BCUT2D eigenvalue weighted by Crippen LogP contribution is -2.13. The summed E-state index contributed by atoms with van der Waals surface area (Å²) in [6.07, 6.45) is 1.50. The predicted molar refractivity (Wildman–Crippen MR) is 103 cm³/mol. The van der Waals surface area contributed by atoms with E-state index in [9.17, 15) is 8.42 Å². The highest BCUT2D eigenvalue weighted by atomic mass is 35.5. The zero-order valence-corrected chi connectivity index (χ0v) is 15.9. The van der Waals surface area contributed by atoms with E-state index in [4.69, 9.17) is 23.2 Å². The summed E-state index contributed by atoms with van der Waals surface area (Å²) in [5, 5.41) is 12.5. The molecule has 2 aromatic heterocycles. The molecule has 4 aromatic rings. The lowest BCUT2D eigenvalue weighted by atomic mass is 10.1. The molecule has 0 aliphatic rings. The van der Waals surface area contributed by atoms with E-state index < -0.39 is 10.0 Å². The van der Waals surface area contributed by atoms with Gasteiger partial charge in [-0.2, -0.15) is 9.61 Å². The van der Waals surface area contributed by atoms with Gasteiger partial charge in [-0.1, -0.05) is 35.3 Å². The van der Waals surface area contributed by atoms with Crippen molar-refractivity contribution in [3.05, 3.63) is 71.0 Å². The summed E-state index contributed by atoms with van der Waals surface area (Å²) in [7, 11) is -3.82. The Morgan fingerprint density at radius 2 is 1.81 bits per heavy atom. The van der Waals surface area contributed by atoms with Gasteiger partial charge in [0.05, 0.1) is 20.6 Å². The first-order chi connectivity index (χ1) is 12.9. The number of nitrogens with zero attached hydrogens (tertiary/aromatic N) is 4. The first-order valence-electron chi connectivity index (χ1n) is 7.68. The molecule has 0 radical (unpaired) electrons. The molecule has 7 nitrogen and oxygen atoms in total. The Morgan fingerprint density at radius 3 is 2.63 bits per heavy atom. The number of nitrogens with one attached hydrogen (secondary N) is 1. The van der Waals surface area contributed by atoms with E-state index in [0.29, 0.717) is 17.0 Å². The Morgan fingerprint density at radius 1 is 0.963 bits per heavy atom. The maximum absolute atomic E-state index is 12.6. The van der Waals surface area contributed by atoms with Crippen LogP contribution in [-0.2, 0) is 10.0 Å². The zero-order valence-electron chi connectivity index (χ0n) is 13.5. The van der Waals surface area contributed by atoms with Crippen molar-refractivity contribution in [2.45, 2.75) is 4.90 Å². The Balaban J connectivity index is 1.66. The molecule has 2 heterocycles. The van der Waals surface area contributed by atoms with Gasteiger partial charge in [-0.25, -0.2) is 8.42 Å². The third kappa shape index (κ3) is 3.59. The van der Waals surface area contributed by atoms with Crippen LogP contribution < -0.4 is 4.72 Å². The number of benzene rings is 2. The van der Waals surface area contributed by atoms with Crippen molar-refractivity contribution in [2.75, 3.05) is 4.72 Å². The molecular weight excluding hydrogens is 409 g/mol. The minimum Gasteiger partial charge on any atom is -0.280 e.